The predicted molar refractivity (Wildman–Crippen MR) is 96.5 cm³/mol. The van der Waals surface area contributed by atoms with Crippen LogP contribution in [0.5, 0.6) is 0 Å². The Bertz CT molecular complexity index is 568. The first-order valence-electron chi connectivity index (χ1n) is 9.55. The van der Waals surface area contributed by atoms with E-state index in [9.17, 15) is 4.79 Å². The SMILES string of the molecule is O=C(CN1CCC(N2CCCC2)C1)N1CCN(c2cnccn2)CC1. The van der Waals surface area contributed by atoms with Gasteiger partial charge in [0.05, 0.1) is 12.7 Å². The highest BCUT2D eigenvalue weighted by Crippen LogP contribution is 2.20. The molecule has 136 valence electrons. The minimum absolute atomic E-state index is 0.279. The average Bonchev–Trinajstić information content (AvgIpc) is 3.34. The smallest absolute Gasteiger partial charge is 0.236 e. The Hall–Kier alpha value is -1.73. The molecule has 7 nitrogen and oxygen atoms in total. The summed E-state index contributed by atoms with van der Waals surface area (Å²) in [5.74, 6) is 1.18. The summed E-state index contributed by atoms with van der Waals surface area (Å²) in [6, 6.07) is 0.670. The summed E-state index contributed by atoms with van der Waals surface area (Å²) in [4.78, 5) is 30.3. The van der Waals surface area contributed by atoms with Gasteiger partial charge in [-0.2, -0.15) is 0 Å². The van der Waals surface area contributed by atoms with E-state index in [4.69, 9.17) is 0 Å². The maximum absolute atomic E-state index is 12.6. The Balaban J connectivity index is 1.23. The zero-order valence-electron chi connectivity index (χ0n) is 14.9. The van der Waals surface area contributed by atoms with E-state index in [0.717, 1.165) is 45.1 Å². The van der Waals surface area contributed by atoms with Crippen LogP contribution in [0, 0.1) is 0 Å². The highest BCUT2D eigenvalue weighted by molar-refractivity contribution is 5.78. The molecule has 1 aromatic heterocycles. The van der Waals surface area contributed by atoms with E-state index >= 15 is 0 Å². The first-order chi connectivity index (χ1) is 12.3. The van der Waals surface area contributed by atoms with Crippen LogP contribution < -0.4 is 4.90 Å². The minimum Gasteiger partial charge on any atom is -0.352 e. The monoisotopic (exact) mass is 344 g/mol. The largest absolute Gasteiger partial charge is 0.352 e. The number of rotatable bonds is 4. The number of amides is 1. The van der Waals surface area contributed by atoms with Crippen LogP contribution in [0.4, 0.5) is 5.82 Å². The highest BCUT2D eigenvalue weighted by atomic mass is 16.2. The molecule has 3 fully saturated rings. The number of aromatic nitrogens is 2. The molecule has 0 N–H and O–H groups in total. The fourth-order valence-corrected chi connectivity index (χ4v) is 4.29. The molecule has 0 radical (unpaired) electrons. The molecular weight excluding hydrogens is 316 g/mol. The van der Waals surface area contributed by atoms with E-state index in [1.54, 1.807) is 18.6 Å². The number of hydrogen-bond donors (Lipinski definition) is 0. The van der Waals surface area contributed by atoms with Crippen LogP contribution in [0.3, 0.4) is 0 Å². The van der Waals surface area contributed by atoms with Crippen LogP contribution >= 0.6 is 0 Å². The van der Waals surface area contributed by atoms with Crippen molar-refractivity contribution in [3.63, 3.8) is 0 Å². The number of carbonyl (C=O) groups is 1. The zero-order chi connectivity index (χ0) is 17.1. The normalized spacial score (nSPS) is 25.7. The molecule has 3 aliphatic rings. The zero-order valence-corrected chi connectivity index (χ0v) is 14.9. The van der Waals surface area contributed by atoms with Crippen molar-refractivity contribution in [3.8, 4) is 0 Å². The molecule has 1 unspecified atom stereocenters. The fraction of sp³-hybridized carbons (Fsp3) is 0.722. The lowest BCUT2D eigenvalue weighted by Gasteiger charge is -2.36. The number of anilines is 1. The van der Waals surface area contributed by atoms with Gasteiger partial charge >= 0.3 is 0 Å². The highest BCUT2D eigenvalue weighted by Gasteiger charge is 2.31. The van der Waals surface area contributed by atoms with Crippen LogP contribution in [-0.4, -0.2) is 95.5 Å². The van der Waals surface area contributed by atoms with Crippen molar-refractivity contribution in [2.75, 3.05) is 63.8 Å². The van der Waals surface area contributed by atoms with Crippen LogP contribution in [0.15, 0.2) is 18.6 Å². The number of carbonyl (C=O) groups excluding carboxylic acids is 1. The Morgan fingerprint density at radius 2 is 1.84 bits per heavy atom. The van der Waals surface area contributed by atoms with Crippen molar-refractivity contribution in [1.82, 2.24) is 24.7 Å². The maximum Gasteiger partial charge on any atom is 0.236 e. The number of hydrogen-bond acceptors (Lipinski definition) is 6. The number of likely N-dealkylation sites (tertiary alicyclic amines) is 2. The fourth-order valence-electron chi connectivity index (χ4n) is 4.29. The van der Waals surface area contributed by atoms with Gasteiger partial charge in [-0.15, -0.1) is 0 Å². The van der Waals surface area contributed by atoms with Gasteiger partial charge < -0.3 is 9.80 Å². The molecule has 0 aliphatic carbocycles. The third-order valence-corrected chi connectivity index (χ3v) is 5.77. The lowest BCUT2D eigenvalue weighted by Crippen LogP contribution is -2.51. The lowest BCUT2D eigenvalue weighted by molar-refractivity contribution is -0.132. The van der Waals surface area contributed by atoms with Gasteiger partial charge in [-0.1, -0.05) is 0 Å². The average molecular weight is 344 g/mol. The van der Waals surface area contributed by atoms with E-state index in [-0.39, 0.29) is 5.91 Å². The minimum atomic E-state index is 0.279. The Labute approximate surface area is 149 Å². The van der Waals surface area contributed by atoms with Crippen molar-refractivity contribution in [2.45, 2.75) is 25.3 Å². The van der Waals surface area contributed by atoms with Crippen LogP contribution in [0.1, 0.15) is 19.3 Å². The van der Waals surface area contributed by atoms with Gasteiger partial charge in [0.2, 0.25) is 5.91 Å². The van der Waals surface area contributed by atoms with Gasteiger partial charge in [0, 0.05) is 57.7 Å². The molecule has 0 aromatic carbocycles. The molecule has 3 aliphatic heterocycles. The molecule has 4 heterocycles. The predicted octanol–water partition coefficient (Wildman–Crippen LogP) is 0.295. The molecule has 3 saturated heterocycles. The summed E-state index contributed by atoms with van der Waals surface area (Å²) in [5.41, 5.74) is 0. The molecular formula is C18H28N6O. The topological polar surface area (TPSA) is 55.8 Å². The summed E-state index contributed by atoms with van der Waals surface area (Å²) < 4.78 is 0. The number of nitrogens with zero attached hydrogens (tertiary/aromatic N) is 6. The van der Waals surface area contributed by atoms with Gasteiger partial charge in [-0.3, -0.25) is 19.6 Å². The molecule has 0 spiro atoms. The van der Waals surface area contributed by atoms with Crippen LogP contribution in [0.25, 0.3) is 0 Å². The van der Waals surface area contributed by atoms with Gasteiger partial charge in [0.15, 0.2) is 0 Å². The van der Waals surface area contributed by atoms with Crippen LogP contribution in [-0.2, 0) is 4.79 Å². The van der Waals surface area contributed by atoms with E-state index < -0.39 is 0 Å². The van der Waals surface area contributed by atoms with E-state index in [1.165, 1.54) is 32.4 Å². The maximum atomic E-state index is 12.6. The third kappa shape index (κ3) is 3.93. The van der Waals surface area contributed by atoms with Crippen molar-refractivity contribution in [1.29, 1.82) is 0 Å². The molecule has 1 amide bonds. The summed E-state index contributed by atoms with van der Waals surface area (Å²) >= 11 is 0. The summed E-state index contributed by atoms with van der Waals surface area (Å²) in [6.45, 7) is 8.42. The standard InChI is InChI=1S/C18H28N6O/c25-18(15-21-8-3-16(14-21)22-6-1-2-7-22)24-11-9-23(10-12-24)17-13-19-4-5-20-17/h4-5,13,16H,1-3,6-12,14-15H2. The Kier molecular flexibility index (Phi) is 5.12. The van der Waals surface area contributed by atoms with Crippen molar-refractivity contribution >= 4 is 11.7 Å². The van der Waals surface area contributed by atoms with Gasteiger partial charge in [-0.25, -0.2) is 4.98 Å². The van der Waals surface area contributed by atoms with Crippen molar-refractivity contribution < 1.29 is 4.79 Å². The number of piperazine rings is 1. The first kappa shape index (κ1) is 16.7. The van der Waals surface area contributed by atoms with Gasteiger partial charge in [-0.05, 0) is 32.4 Å². The molecule has 1 atom stereocenters. The van der Waals surface area contributed by atoms with Gasteiger partial charge in [0.25, 0.3) is 0 Å². The second-order valence-corrected chi connectivity index (χ2v) is 7.35. The second kappa shape index (κ2) is 7.66. The molecule has 7 heteroatoms. The second-order valence-electron chi connectivity index (χ2n) is 7.35. The van der Waals surface area contributed by atoms with E-state index in [2.05, 4.69) is 24.7 Å². The third-order valence-electron chi connectivity index (χ3n) is 5.77. The molecule has 0 bridgehead atoms. The molecule has 0 saturated carbocycles. The summed E-state index contributed by atoms with van der Waals surface area (Å²) in [7, 11) is 0. The summed E-state index contributed by atoms with van der Waals surface area (Å²) in [6.07, 6.45) is 9.09. The Morgan fingerprint density at radius 1 is 1.04 bits per heavy atom. The molecule has 4 rings (SSSR count). The molecule has 25 heavy (non-hydrogen) atoms. The van der Waals surface area contributed by atoms with Gasteiger partial charge in [0.1, 0.15) is 5.82 Å². The lowest BCUT2D eigenvalue weighted by atomic mass is 10.2. The van der Waals surface area contributed by atoms with Crippen molar-refractivity contribution in [3.05, 3.63) is 18.6 Å². The van der Waals surface area contributed by atoms with E-state index in [1.807, 2.05) is 4.90 Å². The van der Waals surface area contributed by atoms with Crippen molar-refractivity contribution in [2.24, 2.45) is 0 Å². The quantitative estimate of drug-likeness (QED) is 0.783. The summed E-state index contributed by atoms with van der Waals surface area (Å²) in [5, 5.41) is 0. The first-order valence-corrected chi connectivity index (χ1v) is 9.55. The Morgan fingerprint density at radius 3 is 2.56 bits per heavy atom. The molecule has 1 aromatic rings. The van der Waals surface area contributed by atoms with Crippen LogP contribution in [0.2, 0.25) is 0 Å². The van der Waals surface area contributed by atoms with E-state index in [0.29, 0.717) is 12.6 Å².